The van der Waals surface area contributed by atoms with E-state index in [0.29, 0.717) is 5.95 Å². The van der Waals surface area contributed by atoms with Crippen molar-refractivity contribution in [3.8, 4) is 0 Å². The van der Waals surface area contributed by atoms with Crippen LogP contribution in [0.2, 0.25) is 0 Å². The molecule has 33 heavy (non-hydrogen) atoms. The molecule has 170 valence electrons. The highest BCUT2D eigenvalue weighted by atomic mass is 15.2. The number of aryl methyl sites for hydroxylation is 2. The third kappa shape index (κ3) is 5.46. The summed E-state index contributed by atoms with van der Waals surface area (Å²) in [6.45, 7) is 14.7. The molecule has 0 aliphatic carbocycles. The van der Waals surface area contributed by atoms with E-state index in [0.717, 1.165) is 59.8 Å². The molecule has 0 saturated carbocycles. The molecule has 1 fully saturated rings. The number of hydrogen-bond donors (Lipinski definition) is 1. The molecule has 0 bridgehead atoms. The zero-order valence-corrected chi connectivity index (χ0v) is 20.0. The lowest BCUT2D eigenvalue weighted by atomic mass is 9.98. The summed E-state index contributed by atoms with van der Waals surface area (Å²) >= 11 is 0. The number of nitrogens with one attached hydrogen (secondary N) is 1. The lowest BCUT2D eigenvalue weighted by Gasteiger charge is -2.34. The number of benzene rings is 1. The molecule has 6 nitrogen and oxygen atoms in total. The van der Waals surface area contributed by atoms with Gasteiger partial charge in [0.2, 0.25) is 5.95 Å². The van der Waals surface area contributed by atoms with Crippen LogP contribution in [0.1, 0.15) is 29.3 Å². The molecular formula is C27H32N6. The minimum absolute atomic E-state index is 0.587. The summed E-state index contributed by atoms with van der Waals surface area (Å²) in [5, 5.41) is 3.36. The lowest BCUT2D eigenvalue weighted by Crippen LogP contribution is -2.44. The van der Waals surface area contributed by atoms with Crippen LogP contribution in [0.4, 0.5) is 17.3 Å². The zero-order chi connectivity index (χ0) is 23.4. The molecular weight excluding hydrogens is 408 g/mol. The molecule has 1 N–H and O–H groups in total. The van der Waals surface area contributed by atoms with E-state index in [-0.39, 0.29) is 0 Å². The van der Waals surface area contributed by atoms with Crippen molar-refractivity contribution in [2.75, 3.05) is 43.4 Å². The first-order valence-electron chi connectivity index (χ1n) is 11.3. The number of allylic oxidation sites excluding steroid dienone is 2. The molecule has 0 unspecified atom stereocenters. The van der Waals surface area contributed by atoms with Crippen molar-refractivity contribution in [3.05, 3.63) is 83.5 Å². The first kappa shape index (κ1) is 22.7. The van der Waals surface area contributed by atoms with E-state index in [1.54, 1.807) is 6.20 Å². The Labute approximate surface area is 196 Å². The molecule has 1 saturated heterocycles. The Balaban J connectivity index is 1.48. The van der Waals surface area contributed by atoms with Crippen molar-refractivity contribution >= 4 is 29.0 Å². The highest BCUT2D eigenvalue weighted by Crippen LogP contribution is 2.27. The van der Waals surface area contributed by atoms with Gasteiger partial charge in [-0.25, -0.2) is 9.97 Å². The number of piperazine rings is 1. The average molecular weight is 441 g/mol. The van der Waals surface area contributed by atoms with Crippen molar-refractivity contribution < 1.29 is 0 Å². The van der Waals surface area contributed by atoms with Gasteiger partial charge in [0.1, 0.15) is 0 Å². The number of nitrogens with zero attached hydrogens (tertiary/aromatic N) is 5. The van der Waals surface area contributed by atoms with E-state index in [2.05, 4.69) is 76.8 Å². The summed E-state index contributed by atoms with van der Waals surface area (Å²) in [5.41, 5.74) is 8.31. The van der Waals surface area contributed by atoms with Crippen LogP contribution in [0.5, 0.6) is 0 Å². The Morgan fingerprint density at radius 3 is 2.61 bits per heavy atom. The molecule has 2 aromatic heterocycles. The highest BCUT2D eigenvalue weighted by Gasteiger charge is 2.15. The topological polar surface area (TPSA) is 57.2 Å². The molecule has 0 atom stereocenters. The van der Waals surface area contributed by atoms with E-state index in [1.165, 1.54) is 11.3 Å². The van der Waals surface area contributed by atoms with Gasteiger partial charge in [-0.1, -0.05) is 12.6 Å². The van der Waals surface area contributed by atoms with Crippen LogP contribution in [0, 0.1) is 13.8 Å². The molecule has 1 aromatic carbocycles. The van der Waals surface area contributed by atoms with Crippen molar-refractivity contribution in [1.82, 2.24) is 19.9 Å². The number of rotatable bonds is 6. The van der Waals surface area contributed by atoms with Crippen LogP contribution in [-0.4, -0.2) is 53.1 Å². The summed E-state index contributed by atoms with van der Waals surface area (Å²) < 4.78 is 0. The predicted octanol–water partition coefficient (Wildman–Crippen LogP) is 5.10. The summed E-state index contributed by atoms with van der Waals surface area (Å²) in [5.74, 6) is 0.587. The van der Waals surface area contributed by atoms with Crippen LogP contribution >= 0.6 is 0 Å². The highest BCUT2D eigenvalue weighted by molar-refractivity contribution is 5.83. The van der Waals surface area contributed by atoms with Crippen molar-refractivity contribution in [1.29, 1.82) is 0 Å². The minimum atomic E-state index is 0.587. The van der Waals surface area contributed by atoms with Gasteiger partial charge in [0.05, 0.1) is 5.69 Å². The Hall–Kier alpha value is -3.51. The number of hydrogen-bond acceptors (Lipinski definition) is 6. The van der Waals surface area contributed by atoms with Gasteiger partial charge in [-0.3, -0.25) is 4.98 Å². The van der Waals surface area contributed by atoms with E-state index in [9.17, 15) is 0 Å². The van der Waals surface area contributed by atoms with Crippen LogP contribution in [0.3, 0.4) is 0 Å². The van der Waals surface area contributed by atoms with Crippen molar-refractivity contribution in [3.63, 3.8) is 0 Å². The normalized spacial score (nSPS) is 14.9. The predicted molar refractivity (Wildman–Crippen MR) is 138 cm³/mol. The summed E-state index contributed by atoms with van der Waals surface area (Å²) in [4.78, 5) is 18.3. The van der Waals surface area contributed by atoms with E-state index < -0.39 is 0 Å². The van der Waals surface area contributed by atoms with Gasteiger partial charge < -0.3 is 15.1 Å². The Bertz CT molecular complexity index is 1170. The number of likely N-dealkylation sites (N-methyl/N-ethyl adjacent to an activating group) is 1. The fourth-order valence-electron chi connectivity index (χ4n) is 3.96. The van der Waals surface area contributed by atoms with Crippen molar-refractivity contribution in [2.24, 2.45) is 0 Å². The maximum absolute atomic E-state index is 4.71. The molecule has 1 aliphatic rings. The average Bonchev–Trinajstić information content (AvgIpc) is 2.81. The maximum Gasteiger partial charge on any atom is 0.227 e. The first-order valence-corrected chi connectivity index (χ1v) is 11.3. The monoisotopic (exact) mass is 440 g/mol. The van der Waals surface area contributed by atoms with Crippen LogP contribution in [0.25, 0.3) is 11.6 Å². The maximum atomic E-state index is 4.71. The van der Waals surface area contributed by atoms with Gasteiger partial charge in [-0.05, 0) is 80.4 Å². The van der Waals surface area contributed by atoms with Gasteiger partial charge in [-0.2, -0.15) is 0 Å². The van der Waals surface area contributed by atoms with Crippen molar-refractivity contribution in [2.45, 2.75) is 20.8 Å². The second-order valence-corrected chi connectivity index (χ2v) is 8.70. The number of aromatic nitrogens is 3. The summed E-state index contributed by atoms with van der Waals surface area (Å²) in [6, 6.07) is 10.5. The molecule has 3 heterocycles. The van der Waals surface area contributed by atoms with Gasteiger partial charge in [-0.15, -0.1) is 0 Å². The molecule has 6 heteroatoms. The molecule has 0 radical (unpaired) electrons. The molecule has 0 spiro atoms. The van der Waals surface area contributed by atoms with Crippen LogP contribution < -0.4 is 10.2 Å². The largest absolute Gasteiger partial charge is 0.369 e. The van der Waals surface area contributed by atoms with Gasteiger partial charge in [0, 0.05) is 61.7 Å². The first-order chi connectivity index (χ1) is 15.9. The molecule has 3 aromatic rings. The molecule has 0 amide bonds. The van der Waals surface area contributed by atoms with E-state index in [1.807, 2.05) is 31.5 Å². The summed E-state index contributed by atoms with van der Waals surface area (Å²) in [6.07, 6.45) is 7.64. The lowest BCUT2D eigenvalue weighted by molar-refractivity contribution is 0.313. The standard InChI is InChI=1S/C27H32N6/c1-19-9-10-28-17-23(19)15-20(2)21(3)26-18-29-27(30-22(26)4)31-24-7-6-8-25(16-24)33-13-11-32(5)12-14-33/h6-10,15-18H,3,11-14H2,1-2,4-5H3,(H,29,30,31)/b20-15+. The van der Waals surface area contributed by atoms with E-state index in [4.69, 9.17) is 4.98 Å². The van der Waals surface area contributed by atoms with E-state index >= 15 is 0 Å². The van der Waals surface area contributed by atoms with Crippen LogP contribution in [-0.2, 0) is 0 Å². The fourth-order valence-corrected chi connectivity index (χ4v) is 3.96. The molecule has 1 aliphatic heterocycles. The Morgan fingerprint density at radius 2 is 1.88 bits per heavy atom. The second-order valence-electron chi connectivity index (χ2n) is 8.70. The van der Waals surface area contributed by atoms with Gasteiger partial charge >= 0.3 is 0 Å². The smallest absolute Gasteiger partial charge is 0.227 e. The second kappa shape index (κ2) is 9.96. The SMILES string of the molecule is C=C(/C(C)=C/c1cnccc1C)c1cnc(Nc2cccc(N3CCN(C)CC3)c2)nc1C. The zero-order valence-electron chi connectivity index (χ0n) is 20.0. The third-order valence-electron chi connectivity index (χ3n) is 6.20. The fraction of sp³-hybridized carbons (Fsp3) is 0.296. The Morgan fingerprint density at radius 1 is 1.09 bits per heavy atom. The van der Waals surface area contributed by atoms with Gasteiger partial charge in [0.15, 0.2) is 0 Å². The minimum Gasteiger partial charge on any atom is -0.369 e. The summed E-state index contributed by atoms with van der Waals surface area (Å²) in [7, 11) is 2.17. The number of pyridine rings is 1. The Kier molecular flexibility index (Phi) is 6.84. The number of anilines is 3. The quantitative estimate of drug-likeness (QED) is 0.538. The van der Waals surface area contributed by atoms with Gasteiger partial charge in [0.25, 0.3) is 0 Å². The van der Waals surface area contributed by atoms with Crippen LogP contribution in [0.15, 0.2) is 61.1 Å². The third-order valence-corrected chi connectivity index (χ3v) is 6.20. The molecule has 4 rings (SSSR count).